The minimum atomic E-state index is 0.331. The van der Waals surface area contributed by atoms with Crippen molar-refractivity contribution in [2.75, 3.05) is 18.5 Å². The predicted molar refractivity (Wildman–Crippen MR) is 80.1 cm³/mol. The number of nitrogens with zero attached hydrogens (tertiary/aromatic N) is 3. The summed E-state index contributed by atoms with van der Waals surface area (Å²) in [6, 6.07) is 1.76. The number of rotatable bonds is 4. The highest BCUT2D eigenvalue weighted by Gasteiger charge is 2.39. The lowest BCUT2D eigenvalue weighted by Crippen LogP contribution is -2.30. The van der Waals surface area contributed by atoms with E-state index in [0.29, 0.717) is 10.7 Å². The van der Waals surface area contributed by atoms with Crippen LogP contribution in [0.15, 0.2) is 12.3 Å². The standard InChI is InChI=1S/C14H20N4S/c1-18(8-11-7-9-2-3-10(11)6-9)14-16-5-4-12(17-14)13(15)19/h4-5,9-11H,2-3,6-8H2,1H3,(H2,15,19). The van der Waals surface area contributed by atoms with Crippen molar-refractivity contribution >= 4 is 23.2 Å². The van der Waals surface area contributed by atoms with Gasteiger partial charge >= 0.3 is 0 Å². The Morgan fingerprint density at radius 3 is 2.95 bits per heavy atom. The monoisotopic (exact) mass is 276 g/mol. The van der Waals surface area contributed by atoms with Crippen molar-refractivity contribution in [3.05, 3.63) is 18.0 Å². The Kier molecular flexibility index (Phi) is 3.39. The van der Waals surface area contributed by atoms with E-state index in [1.54, 1.807) is 12.3 Å². The van der Waals surface area contributed by atoms with Crippen LogP contribution in [0.2, 0.25) is 0 Å². The van der Waals surface area contributed by atoms with Gasteiger partial charge in [-0.15, -0.1) is 0 Å². The molecule has 2 aliphatic carbocycles. The van der Waals surface area contributed by atoms with Gasteiger partial charge < -0.3 is 10.6 Å². The van der Waals surface area contributed by atoms with Gasteiger partial charge in [-0.05, 0) is 43.1 Å². The fourth-order valence-corrected chi connectivity index (χ4v) is 3.82. The van der Waals surface area contributed by atoms with Gasteiger partial charge in [0.25, 0.3) is 0 Å². The smallest absolute Gasteiger partial charge is 0.225 e. The zero-order valence-corrected chi connectivity index (χ0v) is 12.1. The first-order valence-electron chi connectivity index (χ1n) is 6.97. The summed E-state index contributed by atoms with van der Waals surface area (Å²) in [4.78, 5) is 11.2. The van der Waals surface area contributed by atoms with Crippen LogP contribution in [0, 0.1) is 17.8 Å². The van der Waals surface area contributed by atoms with Crippen molar-refractivity contribution in [1.29, 1.82) is 0 Å². The summed E-state index contributed by atoms with van der Waals surface area (Å²) >= 11 is 4.96. The van der Waals surface area contributed by atoms with E-state index in [1.807, 2.05) is 0 Å². The highest BCUT2D eigenvalue weighted by Crippen LogP contribution is 2.48. The number of hydrogen-bond acceptors (Lipinski definition) is 4. The van der Waals surface area contributed by atoms with Gasteiger partial charge in [0.15, 0.2) is 0 Å². The maximum atomic E-state index is 5.62. The highest BCUT2D eigenvalue weighted by atomic mass is 32.1. The highest BCUT2D eigenvalue weighted by molar-refractivity contribution is 7.80. The van der Waals surface area contributed by atoms with Crippen LogP contribution in [0.1, 0.15) is 31.4 Å². The van der Waals surface area contributed by atoms with Gasteiger partial charge in [0, 0.05) is 19.8 Å². The van der Waals surface area contributed by atoms with Crippen molar-refractivity contribution in [2.45, 2.75) is 25.7 Å². The number of thiocarbonyl (C=S) groups is 1. The molecular weight excluding hydrogens is 256 g/mol. The Hall–Kier alpha value is -1.23. The Morgan fingerprint density at radius 1 is 1.47 bits per heavy atom. The van der Waals surface area contributed by atoms with Gasteiger partial charge in [0.2, 0.25) is 5.95 Å². The Balaban J connectivity index is 1.68. The number of nitrogens with two attached hydrogens (primary N) is 1. The molecule has 102 valence electrons. The zero-order valence-electron chi connectivity index (χ0n) is 11.2. The molecule has 0 aliphatic heterocycles. The topological polar surface area (TPSA) is 55.0 Å². The van der Waals surface area contributed by atoms with Gasteiger partial charge in [0.1, 0.15) is 10.7 Å². The van der Waals surface area contributed by atoms with Gasteiger partial charge in [-0.25, -0.2) is 9.97 Å². The van der Waals surface area contributed by atoms with E-state index in [2.05, 4.69) is 21.9 Å². The Labute approximate surface area is 119 Å². The third-order valence-electron chi connectivity index (χ3n) is 4.63. The molecular formula is C14H20N4S. The van der Waals surface area contributed by atoms with E-state index in [1.165, 1.54) is 25.7 Å². The predicted octanol–water partition coefficient (Wildman–Crippen LogP) is 1.98. The van der Waals surface area contributed by atoms with Crippen molar-refractivity contribution in [2.24, 2.45) is 23.5 Å². The Bertz CT molecular complexity index is 490. The molecule has 1 heterocycles. The van der Waals surface area contributed by atoms with Gasteiger partial charge in [-0.3, -0.25) is 0 Å². The lowest BCUT2D eigenvalue weighted by atomic mass is 9.88. The minimum Gasteiger partial charge on any atom is -0.388 e. The Morgan fingerprint density at radius 2 is 2.32 bits per heavy atom. The van der Waals surface area contributed by atoms with E-state index in [-0.39, 0.29) is 0 Å². The molecule has 2 fully saturated rings. The molecule has 3 unspecified atom stereocenters. The molecule has 5 heteroatoms. The van der Waals surface area contributed by atoms with Crippen LogP contribution in [0.3, 0.4) is 0 Å². The molecule has 19 heavy (non-hydrogen) atoms. The molecule has 3 rings (SSSR count). The van der Waals surface area contributed by atoms with Crippen LogP contribution in [-0.2, 0) is 0 Å². The normalized spacial score (nSPS) is 28.6. The van der Waals surface area contributed by atoms with E-state index >= 15 is 0 Å². The second-order valence-electron chi connectivity index (χ2n) is 5.92. The summed E-state index contributed by atoms with van der Waals surface area (Å²) < 4.78 is 0. The van der Waals surface area contributed by atoms with E-state index in [0.717, 1.165) is 30.2 Å². The van der Waals surface area contributed by atoms with Crippen LogP contribution in [0.5, 0.6) is 0 Å². The summed E-state index contributed by atoms with van der Waals surface area (Å²) in [6.45, 7) is 1.04. The number of anilines is 1. The fraction of sp³-hybridized carbons (Fsp3) is 0.643. The first-order chi connectivity index (χ1) is 9.13. The van der Waals surface area contributed by atoms with Crippen LogP contribution in [-0.4, -0.2) is 28.5 Å². The second-order valence-corrected chi connectivity index (χ2v) is 6.36. The number of fused-ring (bicyclic) bond motifs is 2. The zero-order chi connectivity index (χ0) is 13.4. The molecule has 0 radical (unpaired) electrons. The van der Waals surface area contributed by atoms with Crippen LogP contribution >= 0.6 is 12.2 Å². The van der Waals surface area contributed by atoms with Crippen LogP contribution in [0.4, 0.5) is 5.95 Å². The van der Waals surface area contributed by atoms with Gasteiger partial charge in [-0.2, -0.15) is 0 Å². The van der Waals surface area contributed by atoms with Crippen LogP contribution < -0.4 is 10.6 Å². The lowest BCUT2D eigenvalue weighted by molar-refractivity contribution is 0.336. The molecule has 0 spiro atoms. The largest absolute Gasteiger partial charge is 0.388 e. The molecule has 2 saturated carbocycles. The third-order valence-corrected chi connectivity index (χ3v) is 4.84. The van der Waals surface area contributed by atoms with E-state index in [9.17, 15) is 0 Å². The summed E-state index contributed by atoms with van der Waals surface area (Å²) in [7, 11) is 2.06. The summed E-state index contributed by atoms with van der Waals surface area (Å²) in [6.07, 6.45) is 7.40. The fourth-order valence-electron chi connectivity index (χ4n) is 3.70. The molecule has 1 aromatic rings. The number of hydrogen-bond donors (Lipinski definition) is 1. The average molecular weight is 276 g/mol. The van der Waals surface area contributed by atoms with Crippen molar-refractivity contribution in [3.8, 4) is 0 Å². The maximum Gasteiger partial charge on any atom is 0.225 e. The first kappa shape index (κ1) is 12.8. The molecule has 0 aromatic carbocycles. The molecule has 1 aromatic heterocycles. The quantitative estimate of drug-likeness (QED) is 0.852. The molecule has 3 atom stereocenters. The van der Waals surface area contributed by atoms with Crippen molar-refractivity contribution in [1.82, 2.24) is 9.97 Å². The summed E-state index contributed by atoms with van der Waals surface area (Å²) in [5, 5.41) is 0. The first-order valence-corrected chi connectivity index (χ1v) is 7.38. The van der Waals surface area contributed by atoms with Crippen molar-refractivity contribution in [3.63, 3.8) is 0 Å². The average Bonchev–Trinajstić information content (AvgIpc) is 3.01. The van der Waals surface area contributed by atoms with E-state index in [4.69, 9.17) is 18.0 Å². The third kappa shape index (κ3) is 2.56. The molecule has 0 amide bonds. The summed E-state index contributed by atoms with van der Waals surface area (Å²) in [5.74, 6) is 3.44. The molecule has 2 bridgehead atoms. The lowest BCUT2D eigenvalue weighted by Gasteiger charge is -2.27. The summed E-state index contributed by atoms with van der Waals surface area (Å²) in [5.41, 5.74) is 6.27. The number of aromatic nitrogens is 2. The maximum absolute atomic E-state index is 5.62. The minimum absolute atomic E-state index is 0.331. The van der Waals surface area contributed by atoms with Gasteiger partial charge in [0.05, 0.1) is 0 Å². The SMILES string of the molecule is CN(CC1CC2CCC1C2)c1nccc(C(N)=S)n1. The molecule has 0 saturated heterocycles. The van der Waals surface area contributed by atoms with Gasteiger partial charge in [-0.1, -0.05) is 18.6 Å². The van der Waals surface area contributed by atoms with Crippen molar-refractivity contribution < 1.29 is 0 Å². The second kappa shape index (κ2) is 5.04. The molecule has 4 nitrogen and oxygen atoms in total. The van der Waals surface area contributed by atoms with E-state index < -0.39 is 0 Å². The molecule has 2 N–H and O–H groups in total. The molecule has 2 aliphatic rings. The van der Waals surface area contributed by atoms with Crippen LogP contribution in [0.25, 0.3) is 0 Å².